The average molecular weight is 452 g/mol. The molecule has 168 valence electrons. The SMILES string of the molecule is CCn1nnc(-c2ccc(-c3ccc(N4C[C@H](C(F)(F)[C@H](O)F)OC4=O)cc3F)cn2)n1. The molecule has 1 saturated heterocycles. The predicted octanol–water partition coefficient (Wildman–Crippen LogP) is 2.81. The summed E-state index contributed by atoms with van der Waals surface area (Å²) in [6.45, 7) is 1.64. The molecule has 9 nitrogen and oxygen atoms in total. The number of amides is 1. The lowest BCUT2D eigenvalue weighted by Crippen LogP contribution is -2.44. The number of alkyl halides is 3. The van der Waals surface area contributed by atoms with Crippen molar-refractivity contribution >= 4 is 11.8 Å². The number of aliphatic hydroxyl groups is 1. The van der Waals surface area contributed by atoms with Crippen LogP contribution in [0.15, 0.2) is 36.5 Å². The molecule has 2 aromatic heterocycles. The van der Waals surface area contributed by atoms with Crippen LogP contribution in [0.3, 0.4) is 0 Å². The number of anilines is 1. The Morgan fingerprint density at radius 3 is 2.69 bits per heavy atom. The quantitative estimate of drug-likeness (QED) is 0.574. The summed E-state index contributed by atoms with van der Waals surface area (Å²) in [6.07, 6.45) is -5.52. The molecule has 1 aliphatic rings. The Balaban J connectivity index is 1.54. The Morgan fingerprint density at radius 1 is 1.31 bits per heavy atom. The lowest BCUT2D eigenvalue weighted by atomic mass is 10.1. The molecule has 1 amide bonds. The molecular weight excluding hydrogens is 436 g/mol. The molecule has 13 heteroatoms. The van der Waals surface area contributed by atoms with E-state index in [-0.39, 0.29) is 11.3 Å². The van der Waals surface area contributed by atoms with Gasteiger partial charge in [-0.3, -0.25) is 9.88 Å². The molecule has 1 aromatic carbocycles. The summed E-state index contributed by atoms with van der Waals surface area (Å²) >= 11 is 0. The van der Waals surface area contributed by atoms with Gasteiger partial charge in [-0.25, -0.2) is 13.6 Å². The molecule has 3 heterocycles. The van der Waals surface area contributed by atoms with Gasteiger partial charge < -0.3 is 9.84 Å². The van der Waals surface area contributed by atoms with Gasteiger partial charge in [-0.05, 0) is 36.4 Å². The highest BCUT2D eigenvalue weighted by Gasteiger charge is 2.54. The summed E-state index contributed by atoms with van der Waals surface area (Å²) in [6, 6.07) is 6.82. The lowest BCUT2D eigenvalue weighted by molar-refractivity contribution is -0.209. The average Bonchev–Trinajstić information content (AvgIpc) is 3.41. The van der Waals surface area contributed by atoms with Gasteiger partial charge in [0.25, 0.3) is 6.36 Å². The van der Waals surface area contributed by atoms with Crippen LogP contribution in [-0.2, 0) is 11.3 Å². The van der Waals surface area contributed by atoms with Crippen LogP contribution in [0.25, 0.3) is 22.6 Å². The second kappa shape index (κ2) is 8.15. The molecule has 0 radical (unpaired) electrons. The van der Waals surface area contributed by atoms with Crippen molar-refractivity contribution in [1.82, 2.24) is 25.2 Å². The van der Waals surface area contributed by atoms with E-state index >= 15 is 0 Å². The van der Waals surface area contributed by atoms with Crippen LogP contribution < -0.4 is 4.90 Å². The number of carbonyl (C=O) groups is 1. The van der Waals surface area contributed by atoms with E-state index in [1.165, 1.54) is 23.1 Å². The van der Waals surface area contributed by atoms with Gasteiger partial charge in [-0.2, -0.15) is 13.6 Å². The molecule has 0 spiro atoms. The zero-order chi connectivity index (χ0) is 23.0. The monoisotopic (exact) mass is 452 g/mol. The summed E-state index contributed by atoms with van der Waals surface area (Å²) in [5.74, 6) is -4.74. The maximum atomic E-state index is 14.8. The first-order valence-electron chi connectivity index (χ1n) is 9.43. The second-order valence-electron chi connectivity index (χ2n) is 6.89. The molecule has 0 saturated carbocycles. The van der Waals surface area contributed by atoms with Crippen LogP contribution in [0, 0.1) is 5.82 Å². The third-order valence-corrected chi connectivity index (χ3v) is 4.86. The number of rotatable bonds is 6. The number of benzene rings is 1. The Labute approximate surface area is 178 Å². The van der Waals surface area contributed by atoms with Gasteiger partial charge in [0.1, 0.15) is 11.5 Å². The number of halogens is 4. The summed E-state index contributed by atoms with van der Waals surface area (Å²) in [4.78, 5) is 18.3. The van der Waals surface area contributed by atoms with Gasteiger partial charge in [0.2, 0.25) is 5.82 Å². The molecule has 1 aliphatic heterocycles. The zero-order valence-corrected chi connectivity index (χ0v) is 16.5. The van der Waals surface area contributed by atoms with Crippen LogP contribution in [0.1, 0.15) is 6.92 Å². The highest BCUT2D eigenvalue weighted by molar-refractivity contribution is 5.90. The molecule has 4 rings (SSSR count). The number of carbonyl (C=O) groups excluding carboxylic acids is 1. The summed E-state index contributed by atoms with van der Waals surface area (Å²) in [5.41, 5.74) is 0.932. The summed E-state index contributed by atoms with van der Waals surface area (Å²) in [5, 5.41) is 20.4. The highest BCUT2D eigenvalue weighted by atomic mass is 19.3. The van der Waals surface area contributed by atoms with Crippen LogP contribution in [0.4, 0.5) is 28.0 Å². The molecule has 0 aliphatic carbocycles. The van der Waals surface area contributed by atoms with Gasteiger partial charge >= 0.3 is 12.0 Å². The third kappa shape index (κ3) is 3.86. The van der Waals surface area contributed by atoms with Gasteiger partial charge in [0, 0.05) is 17.3 Å². The van der Waals surface area contributed by atoms with Crippen molar-refractivity contribution in [2.75, 3.05) is 11.4 Å². The standard InChI is InChI=1S/C19H16F4N6O3/c1-2-29-26-16(25-27-29)14-6-3-10(8-24-14)12-5-4-11(7-13(12)20)28-9-15(32-18(28)31)19(22,23)17(21)30/h3-8,15,17,30H,2,9H2,1H3/t15-,17+/m1/s1. The maximum absolute atomic E-state index is 14.8. The van der Waals surface area contributed by atoms with E-state index in [0.29, 0.717) is 23.6 Å². The molecule has 3 aromatic rings. The van der Waals surface area contributed by atoms with Crippen molar-refractivity contribution in [1.29, 1.82) is 0 Å². The number of aromatic nitrogens is 5. The maximum Gasteiger partial charge on any atom is 0.414 e. The van der Waals surface area contributed by atoms with Crippen molar-refractivity contribution in [3.63, 3.8) is 0 Å². The summed E-state index contributed by atoms with van der Waals surface area (Å²) < 4.78 is 59.2. The second-order valence-corrected chi connectivity index (χ2v) is 6.89. The van der Waals surface area contributed by atoms with Crippen LogP contribution in [0.2, 0.25) is 0 Å². The number of cyclic esters (lactones) is 1. The Morgan fingerprint density at radius 2 is 2.09 bits per heavy atom. The van der Waals surface area contributed by atoms with E-state index in [9.17, 15) is 22.4 Å². The van der Waals surface area contributed by atoms with E-state index in [0.717, 1.165) is 11.0 Å². The van der Waals surface area contributed by atoms with E-state index in [4.69, 9.17) is 5.11 Å². The van der Waals surface area contributed by atoms with E-state index in [2.05, 4.69) is 25.1 Å². The third-order valence-electron chi connectivity index (χ3n) is 4.86. The largest absolute Gasteiger partial charge is 0.437 e. The minimum absolute atomic E-state index is 0.0622. The fraction of sp³-hybridized carbons (Fsp3) is 0.316. The van der Waals surface area contributed by atoms with Crippen LogP contribution >= 0.6 is 0 Å². The normalized spacial score (nSPS) is 17.5. The number of pyridine rings is 1. The van der Waals surface area contributed by atoms with Gasteiger partial charge in [0.05, 0.1) is 18.8 Å². The van der Waals surface area contributed by atoms with E-state index in [1.54, 1.807) is 12.1 Å². The number of hydrogen-bond acceptors (Lipinski definition) is 7. The molecule has 0 unspecified atom stereocenters. The van der Waals surface area contributed by atoms with Crippen LogP contribution in [0.5, 0.6) is 0 Å². The topological polar surface area (TPSA) is 106 Å². The number of tetrazole rings is 1. The highest BCUT2D eigenvalue weighted by Crippen LogP contribution is 2.34. The Bertz CT molecular complexity index is 1140. The van der Waals surface area contributed by atoms with Crippen molar-refractivity contribution < 1.29 is 32.2 Å². The van der Waals surface area contributed by atoms with Gasteiger partial charge in [-0.1, -0.05) is 6.07 Å². The van der Waals surface area contributed by atoms with Crippen molar-refractivity contribution in [2.45, 2.75) is 31.9 Å². The number of aryl methyl sites for hydroxylation is 1. The number of aliphatic hydroxyl groups excluding tert-OH is 1. The fourth-order valence-electron chi connectivity index (χ4n) is 3.10. The first kappa shape index (κ1) is 21.6. The molecule has 1 fully saturated rings. The van der Waals surface area contributed by atoms with Crippen molar-refractivity contribution in [2.24, 2.45) is 0 Å². The number of nitrogens with zero attached hydrogens (tertiary/aromatic N) is 6. The fourth-order valence-corrected chi connectivity index (χ4v) is 3.10. The van der Waals surface area contributed by atoms with Gasteiger partial charge in [-0.15, -0.1) is 10.2 Å². The first-order chi connectivity index (χ1) is 15.2. The lowest BCUT2D eigenvalue weighted by Gasteiger charge is -2.21. The van der Waals surface area contributed by atoms with Crippen molar-refractivity contribution in [3.8, 4) is 22.6 Å². The minimum Gasteiger partial charge on any atom is -0.437 e. The zero-order valence-electron chi connectivity index (χ0n) is 16.5. The van der Waals surface area contributed by atoms with Gasteiger partial charge in [0.15, 0.2) is 6.10 Å². The smallest absolute Gasteiger partial charge is 0.414 e. The molecule has 0 bridgehead atoms. The van der Waals surface area contributed by atoms with Crippen LogP contribution in [-0.4, -0.2) is 61.3 Å². The molecule has 2 atom stereocenters. The Kier molecular flexibility index (Phi) is 5.50. The first-order valence-corrected chi connectivity index (χ1v) is 9.43. The molecule has 32 heavy (non-hydrogen) atoms. The van der Waals surface area contributed by atoms with E-state index in [1.807, 2.05) is 6.92 Å². The number of ether oxygens (including phenoxy) is 1. The predicted molar refractivity (Wildman–Crippen MR) is 102 cm³/mol. The Hall–Kier alpha value is -3.61. The molecule has 1 N–H and O–H groups in total. The summed E-state index contributed by atoms with van der Waals surface area (Å²) in [7, 11) is 0. The van der Waals surface area contributed by atoms with Crippen molar-refractivity contribution in [3.05, 3.63) is 42.3 Å². The molecular formula is C19H16F4N6O3. The minimum atomic E-state index is -4.30. The number of hydrogen-bond donors (Lipinski definition) is 1. The van der Waals surface area contributed by atoms with E-state index < -0.39 is 36.8 Å².